The van der Waals surface area contributed by atoms with Crippen molar-refractivity contribution in [2.24, 2.45) is 0 Å². The van der Waals surface area contributed by atoms with Crippen LogP contribution in [0.1, 0.15) is 63.0 Å². The molecule has 1 fully saturated rings. The monoisotopic (exact) mass is 251 g/mol. The van der Waals surface area contributed by atoms with Crippen LogP contribution in [0.5, 0.6) is 0 Å². The lowest BCUT2D eigenvalue weighted by molar-refractivity contribution is 0.0226. The van der Waals surface area contributed by atoms with Gasteiger partial charge in [0.15, 0.2) is 0 Å². The normalized spacial score (nSPS) is 21.5. The maximum Gasteiger partial charge on any atom is 0.120 e. The summed E-state index contributed by atoms with van der Waals surface area (Å²) >= 11 is 0. The number of aryl methyl sites for hydroxylation is 1. The summed E-state index contributed by atoms with van der Waals surface area (Å²) in [5.41, 5.74) is -0.521. The molecule has 1 aliphatic carbocycles. The van der Waals surface area contributed by atoms with Crippen molar-refractivity contribution in [2.75, 3.05) is 6.54 Å². The zero-order chi connectivity index (χ0) is 13.0. The molecule has 102 valence electrons. The van der Waals surface area contributed by atoms with Crippen molar-refractivity contribution < 1.29 is 9.52 Å². The van der Waals surface area contributed by atoms with Crippen LogP contribution in [0, 0.1) is 6.92 Å². The van der Waals surface area contributed by atoms with Crippen molar-refractivity contribution in [3.63, 3.8) is 0 Å². The third kappa shape index (κ3) is 3.59. The summed E-state index contributed by atoms with van der Waals surface area (Å²) in [5, 5.41) is 14.0. The fourth-order valence-electron chi connectivity index (χ4n) is 2.69. The molecule has 3 heteroatoms. The average Bonchev–Trinajstić information content (AvgIpc) is 2.66. The average molecular weight is 251 g/mol. The summed E-state index contributed by atoms with van der Waals surface area (Å²) in [4.78, 5) is 0. The minimum atomic E-state index is -0.521. The standard InChI is InChI=1S/C15H25NO2/c1-12-7-8-14(18-12)13(2)16-11-15(17)9-5-3-4-6-10-15/h7-8,13,16-17H,3-6,9-11H2,1-2H3. The maximum atomic E-state index is 10.6. The largest absolute Gasteiger partial charge is 0.465 e. The van der Waals surface area contributed by atoms with E-state index in [-0.39, 0.29) is 6.04 Å². The molecule has 3 nitrogen and oxygen atoms in total. The zero-order valence-corrected chi connectivity index (χ0v) is 11.5. The van der Waals surface area contributed by atoms with Gasteiger partial charge in [0.2, 0.25) is 0 Å². The summed E-state index contributed by atoms with van der Waals surface area (Å²) in [6.07, 6.45) is 6.65. The smallest absolute Gasteiger partial charge is 0.120 e. The fourth-order valence-corrected chi connectivity index (χ4v) is 2.69. The molecule has 0 bridgehead atoms. The Balaban J connectivity index is 1.86. The molecule has 2 rings (SSSR count). The Morgan fingerprint density at radius 1 is 1.28 bits per heavy atom. The van der Waals surface area contributed by atoms with Crippen molar-refractivity contribution in [1.29, 1.82) is 0 Å². The van der Waals surface area contributed by atoms with Crippen molar-refractivity contribution in [3.8, 4) is 0 Å². The second-order valence-electron chi connectivity index (χ2n) is 5.69. The molecule has 1 heterocycles. The van der Waals surface area contributed by atoms with Crippen LogP contribution in [0.4, 0.5) is 0 Å². The van der Waals surface area contributed by atoms with Gasteiger partial charge in [-0.05, 0) is 38.8 Å². The van der Waals surface area contributed by atoms with E-state index in [0.29, 0.717) is 6.54 Å². The molecule has 1 saturated carbocycles. The van der Waals surface area contributed by atoms with E-state index < -0.39 is 5.60 Å². The highest BCUT2D eigenvalue weighted by molar-refractivity contribution is 5.09. The van der Waals surface area contributed by atoms with Gasteiger partial charge < -0.3 is 14.8 Å². The molecule has 0 amide bonds. The molecule has 2 N–H and O–H groups in total. The van der Waals surface area contributed by atoms with Gasteiger partial charge in [-0.3, -0.25) is 0 Å². The van der Waals surface area contributed by atoms with Crippen molar-refractivity contribution in [1.82, 2.24) is 5.32 Å². The number of hydrogen-bond acceptors (Lipinski definition) is 3. The van der Waals surface area contributed by atoms with Gasteiger partial charge in [-0.15, -0.1) is 0 Å². The third-order valence-electron chi connectivity index (χ3n) is 3.96. The molecule has 0 aromatic carbocycles. The van der Waals surface area contributed by atoms with Crippen LogP contribution in [-0.4, -0.2) is 17.3 Å². The highest BCUT2D eigenvalue weighted by Gasteiger charge is 2.28. The van der Waals surface area contributed by atoms with Crippen LogP contribution >= 0.6 is 0 Å². The number of aliphatic hydroxyl groups is 1. The summed E-state index contributed by atoms with van der Waals surface area (Å²) in [6.45, 7) is 4.70. The van der Waals surface area contributed by atoms with Gasteiger partial charge in [0.05, 0.1) is 11.6 Å². The predicted octanol–water partition coefficient (Wildman–Crippen LogP) is 3.32. The minimum Gasteiger partial charge on any atom is -0.465 e. The molecule has 0 spiro atoms. The molecule has 18 heavy (non-hydrogen) atoms. The Kier molecular flexibility index (Phi) is 4.46. The van der Waals surface area contributed by atoms with Gasteiger partial charge >= 0.3 is 0 Å². The number of rotatable bonds is 4. The van der Waals surface area contributed by atoms with Crippen LogP contribution < -0.4 is 5.32 Å². The van der Waals surface area contributed by atoms with Gasteiger partial charge in [-0.2, -0.15) is 0 Å². The molecule has 1 atom stereocenters. The highest BCUT2D eigenvalue weighted by atomic mass is 16.3. The first-order valence-electron chi connectivity index (χ1n) is 7.11. The first-order chi connectivity index (χ1) is 8.59. The van der Waals surface area contributed by atoms with Crippen molar-refractivity contribution >= 4 is 0 Å². The Morgan fingerprint density at radius 3 is 2.50 bits per heavy atom. The lowest BCUT2D eigenvalue weighted by Crippen LogP contribution is -2.41. The second kappa shape index (κ2) is 5.89. The molecule has 0 saturated heterocycles. The number of hydrogen-bond donors (Lipinski definition) is 2. The van der Waals surface area contributed by atoms with Gasteiger partial charge in [-0.1, -0.05) is 25.7 Å². The summed E-state index contributed by atoms with van der Waals surface area (Å²) < 4.78 is 5.60. The molecule has 1 aromatic rings. The van der Waals surface area contributed by atoms with E-state index in [1.54, 1.807) is 0 Å². The first kappa shape index (κ1) is 13.6. The Bertz CT molecular complexity index is 364. The van der Waals surface area contributed by atoms with E-state index in [9.17, 15) is 5.11 Å². The van der Waals surface area contributed by atoms with Gasteiger partial charge in [0.25, 0.3) is 0 Å². The van der Waals surface area contributed by atoms with Crippen molar-refractivity contribution in [2.45, 2.75) is 64.0 Å². The highest BCUT2D eigenvalue weighted by Crippen LogP contribution is 2.27. The number of nitrogens with one attached hydrogen (secondary N) is 1. The van der Waals surface area contributed by atoms with E-state index in [4.69, 9.17) is 4.42 Å². The molecular formula is C15H25NO2. The Labute approximate surface area is 110 Å². The molecular weight excluding hydrogens is 226 g/mol. The SMILES string of the molecule is Cc1ccc(C(C)NCC2(O)CCCCCC2)o1. The van der Waals surface area contributed by atoms with E-state index in [0.717, 1.165) is 37.2 Å². The summed E-state index contributed by atoms with van der Waals surface area (Å²) in [6, 6.07) is 4.14. The summed E-state index contributed by atoms with van der Waals surface area (Å²) in [5.74, 6) is 1.89. The summed E-state index contributed by atoms with van der Waals surface area (Å²) in [7, 11) is 0. The van der Waals surface area contributed by atoms with Gasteiger partial charge in [0, 0.05) is 6.54 Å². The van der Waals surface area contributed by atoms with Crippen LogP contribution in [0.2, 0.25) is 0 Å². The van der Waals surface area contributed by atoms with Crippen LogP contribution in [0.3, 0.4) is 0 Å². The Morgan fingerprint density at radius 2 is 1.94 bits per heavy atom. The topological polar surface area (TPSA) is 45.4 Å². The van der Waals surface area contributed by atoms with Crippen molar-refractivity contribution in [3.05, 3.63) is 23.7 Å². The first-order valence-corrected chi connectivity index (χ1v) is 7.11. The molecule has 1 unspecified atom stereocenters. The lowest BCUT2D eigenvalue weighted by Gasteiger charge is -2.28. The second-order valence-corrected chi connectivity index (χ2v) is 5.69. The van der Waals surface area contributed by atoms with Gasteiger partial charge in [0.1, 0.15) is 11.5 Å². The predicted molar refractivity (Wildman–Crippen MR) is 72.5 cm³/mol. The quantitative estimate of drug-likeness (QED) is 0.807. The number of furan rings is 1. The Hall–Kier alpha value is -0.800. The molecule has 0 aliphatic heterocycles. The fraction of sp³-hybridized carbons (Fsp3) is 0.733. The molecule has 1 aromatic heterocycles. The van der Waals surface area contributed by atoms with E-state index >= 15 is 0 Å². The van der Waals surface area contributed by atoms with E-state index in [2.05, 4.69) is 12.2 Å². The third-order valence-corrected chi connectivity index (χ3v) is 3.96. The van der Waals surface area contributed by atoms with Gasteiger partial charge in [-0.25, -0.2) is 0 Å². The van der Waals surface area contributed by atoms with Crippen LogP contribution in [0.15, 0.2) is 16.5 Å². The minimum absolute atomic E-state index is 0.158. The molecule has 0 radical (unpaired) electrons. The zero-order valence-electron chi connectivity index (χ0n) is 11.5. The van der Waals surface area contributed by atoms with E-state index in [1.165, 1.54) is 12.8 Å². The van der Waals surface area contributed by atoms with Crippen LogP contribution in [-0.2, 0) is 0 Å². The lowest BCUT2D eigenvalue weighted by atomic mass is 9.94. The van der Waals surface area contributed by atoms with Crippen LogP contribution in [0.25, 0.3) is 0 Å². The van der Waals surface area contributed by atoms with E-state index in [1.807, 2.05) is 19.1 Å². The molecule has 1 aliphatic rings. The maximum absolute atomic E-state index is 10.6.